The maximum Gasteiger partial charge on any atom is 0.350 e. The summed E-state index contributed by atoms with van der Waals surface area (Å²) in [6, 6.07) is 0.292. The van der Waals surface area contributed by atoms with Gasteiger partial charge in [-0.15, -0.1) is 5.10 Å². The monoisotopic (exact) mass is 263 g/mol. The number of hydrogen-bond acceptors (Lipinski definition) is 4. The fourth-order valence-corrected chi connectivity index (χ4v) is 2.16. The van der Waals surface area contributed by atoms with Crippen LogP contribution in [0, 0.1) is 0 Å². The second kappa shape index (κ2) is 6.47. The van der Waals surface area contributed by atoms with Gasteiger partial charge in [-0.2, -0.15) is 0 Å². The van der Waals surface area contributed by atoms with Crippen LogP contribution < -0.4 is 11.0 Å². The van der Waals surface area contributed by atoms with Gasteiger partial charge in [0.2, 0.25) is 0 Å². The molecule has 0 bridgehead atoms. The molecule has 0 radical (unpaired) electrons. The second-order valence-corrected chi connectivity index (χ2v) is 4.71. The summed E-state index contributed by atoms with van der Waals surface area (Å²) in [6.45, 7) is 5.86. The maximum absolute atomic E-state index is 12.1. The molecular weight excluding hydrogens is 242 g/mol. The minimum absolute atomic E-state index is 0.100. The van der Waals surface area contributed by atoms with E-state index >= 15 is 0 Å². The molecule has 2 aromatic rings. The number of nitrogens with one attached hydrogen (secondary N) is 1. The summed E-state index contributed by atoms with van der Waals surface area (Å²) in [6.07, 6.45) is 8.06. The van der Waals surface area contributed by atoms with Gasteiger partial charge in [-0.1, -0.05) is 20.3 Å². The molecule has 1 unspecified atom stereocenters. The van der Waals surface area contributed by atoms with E-state index in [0.29, 0.717) is 18.2 Å². The van der Waals surface area contributed by atoms with Gasteiger partial charge in [-0.3, -0.25) is 4.98 Å². The van der Waals surface area contributed by atoms with Crippen molar-refractivity contribution in [1.82, 2.24) is 24.5 Å². The van der Waals surface area contributed by atoms with Crippen molar-refractivity contribution in [2.45, 2.75) is 45.7 Å². The lowest BCUT2D eigenvalue weighted by Crippen LogP contribution is -2.37. The average Bonchev–Trinajstić information content (AvgIpc) is 2.74. The minimum Gasteiger partial charge on any atom is -0.312 e. The van der Waals surface area contributed by atoms with Gasteiger partial charge >= 0.3 is 5.69 Å². The lowest BCUT2D eigenvalue weighted by atomic mass is 10.1. The van der Waals surface area contributed by atoms with Crippen LogP contribution in [0.3, 0.4) is 0 Å². The Hall–Kier alpha value is -1.69. The number of nitrogens with zero attached hydrogens (tertiary/aromatic N) is 4. The zero-order valence-corrected chi connectivity index (χ0v) is 11.5. The topological polar surface area (TPSA) is 64.2 Å². The third-order valence-electron chi connectivity index (χ3n) is 3.10. The lowest BCUT2D eigenvalue weighted by Gasteiger charge is -2.16. The lowest BCUT2D eigenvalue weighted by molar-refractivity contribution is 0.396. The number of rotatable bonds is 7. The van der Waals surface area contributed by atoms with E-state index in [4.69, 9.17) is 0 Å². The maximum atomic E-state index is 12.1. The SMILES string of the molecule is CCCNC(CCC)Cn1nc2cnccn2c1=O. The van der Waals surface area contributed by atoms with Crippen LogP contribution in [0.1, 0.15) is 33.1 Å². The molecule has 19 heavy (non-hydrogen) atoms. The molecule has 0 saturated heterocycles. The molecule has 0 aliphatic carbocycles. The summed E-state index contributed by atoms with van der Waals surface area (Å²) in [7, 11) is 0. The van der Waals surface area contributed by atoms with Crippen LogP contribution in [0.5, 0.6) is 0 Å². The molecule has 0 fully saturated rings. The fourth-order valence-electron chi connectivity index (χ4n) is 2.16. The van der Waals surface area contributed by atoms with E-state index in [1.54, 1.807) is 18.6 Å². The van der Waals surface area contributed by atoms with Crippen molar-refractivity contribution < 1.29 is 0 Å². The highest BCUT2D eigenvalue weighted by molar-refractivity contribution is 5.31. The summed E-state index contributed by atoms with van der Waals surface area (Å²) >= 11 is 0. The number of aromatic nitrogens is 4. The van der Waals surface area contributed by atoms with E-state index in [2.05, 4.69) is 29.2 Å². The Kier molecular flexibility index (Phi) is 4.68. The van der Waals surface area contributed by atoms with Crippen LogP contribution in [0.15, 0.2) is 23.4 Å². The van der Waals surface area contributed by atoms with Gasteiger partial charge in [0.05, 0.1) is 12.7 Å². The third-order valence-corrected chi connectivity index (χ3v) is 3.10. The van der Waals surface area contributed by atoms with Crippen molar-refractivity contribution in [3.8, 4) is 0 Å². The van der Waals surface area contributed by atoms with Crippen LogP contribution in [0.25, 0.3) is 5.65 Å². The van der Waals surface area contributed by atoms with Gasteiger partial charge in [0.15, 0.2) is 5.65 Å². The molecule has 0 spiro atoms. The predicted octanol–water partition coefficient (Wildman–Crippen LogP) is 1.06. The molecule has 1 N–H and O–H groups in total. The first-order chi connectivity index (χ1) is 9.26. The normalized spacial score (nSPS) is 12.9. The molecule has 2 aromatic heterocycles. The Morgan fingerprint density at radius 2 is 2.21 bits per heavy atom. The van der Waals surface area contributed by atoms with Crippen LogP contribution in [0.2, 0.25) is 0 Å². The van der Waals surface area contributed by atoms with E-state index in [1.165, 1.54) is 9.08 Å². The largest absolute Gasteiger partial charge is 0.350 e. The molecule has 0 aromatic carbocycles. The highest BCUT2D eigenvalue weighted by Crippen LogP contribution is 2.00. The molecule has 6 heteroatoms. The van der Waals surface area contributed by atoms with Gasteiger partial charge in [0.25, 0.3) is 0 Å². The zero-order chi connectivity index (χ0) is 13.7. The Bertz CT molecular complexity index is 574. The van der Waals surface area contributed by atoms with Crippen LogP contribution in [0.4, 0.5) is 0 Å². The summed E-state index contributed by atoms with van der Waals surface area (Å²) in [5.74, 6) is 0. The molecule has 104 valence electrons. The van der Waals surface area contributed by atoms with E-state index in [9.17, 15) is 4.79 Å². The van der Waals surface area contributed by atoms with E-state index in [1.807, 2.05) is 0 Å². The highest BCUT2D eigenvalue weighted by Gasteiger charge is 2.12. The van der Waals surface area contributed by atoms with E-state index in [0.717, 1.165) is 25.8 Å². The fraction of sp³-hybridized carbons (Fsp3) is 0.615. The molecule has 2 heterocycles. The number of fused-ring (bicyclic) bond motifs is 1. The Morgan fingerprint density at radius 3 is 2.89 bits per heavy atom. The van der Waals surface area contributed by atoms with E-state index in [-0.39, 0.29) is 5.69 Å². The molecule has 0 amide bonds. The van der Waals surface area contributed by atoms with Crippen LogP contribution in [-0.4, -0.2) is 31.8 Å². The van der Waals surface area contributed by atoms with Crippen molar-refractivity contribution >= 4 is 5.65 Å². The molecule has 0 aliphatic rings. The standard InChI is InChI=1S/C13H21N5O/c1-3-5-11(15-6-4-2)10-18-13(19)17-8-7-14-9-12(17)16-18/h7-9,11,15H,3-6,10H2,1-2H3. The van der Waals surface area contributed by atoms with Crippen molar-refractivity contribution in [2.75, 3.05) is 6.54 Å². The Balaban J connectivity index is 2.18. The third kappa shape index (κ3) is 3.20. The second-order valence-electron chi connectivity index (χ2n) is 4.71. The highest BCUT2D eigenvalue weighted by atomic mass is 16.2. The zero-order valence-electron chi connectivity index (χ0n) is 11.5. The number of hydrogen-bond donors (Lipinski definition) is 1. The van der Waals surface area contributed by atoms with Gasteiger partial charge in [0.1, 0.15) is 0 Å². The predicted molar refractivity (Wildman–Crippen MR) is 74.2 cm³/mol. The van der Waals surface area contributed by atoms with Gasteiger partial charge in [0, 0.05) is 18.4 Å². The summed E-state index contributed by atoms with van der Waals surface area (Å²) < 4.78 is 3.05. The first-order valence-corrected chi connectivity index (χ1v) is 6.88. The molecule has 6 nitrogen and oxygen atoms in total. The molecular formula is C13H21N5O. The minimum atomic E-state index is -0.100. The van der Waals surface area contributed by atoms with Crippen molar-refractivity contribution in [2.24, 2.45) is 0 Å². The smallest absolute Gasteiger partial charge is 0.312 e. The molecule has 1 atom stereocenters. The van der Waals surface area contributed by atoms with Gasteiger partial charge < -0.3 is 5.32 Å². The summed E-state index contributed by atoms with van der Waals surface area (Å²) in [4.78, 5) is 16.1. The molecule has 0 saturated carbocycles. The van der Waals surface area contributed by atoms with Crippen LogP contribution >= 0.6 is 0 Å². The summed E-state index contributed by atoms with van der Waals surface area (Å²) in [5, 5.41) is 7.77. The van der Waals surface area contributed by atoms with Crippen molar-refractivity contribution in [3.05, 3.63) is 29.1 Å². The van der Waals surface area contributed by atoms with Crippen molar-refractivity contribution in [3.63, 3.8) is 0 Å². The average molecular weight is 263 g/mol. The Labute approximate surface area is 112 Å². The van der Waals surface area contributed by atoms with Gasteiger partial charge in [-0.05, 0) is 19.4 Å². The molecule has 0 aliphatic heterocycles. The summed E-state index contributed by atoms with van der Waals surface area (Å²) in [5.41, 5.74) is 0.495. The van der Waals surface area contributed by atoms with Crippen molar-refractivity contribution in [1.29, 1.82) is 0 Å². The first kappa shape index (κ1) is 13.7. The first-order valence-electron chi connectivity index (χ1n) is 6.88. The van der Waals surface area contributed by atoms with Crippen LogP contribution in [-0.2, 0) is 6.54 Å². The Morgan fingerprint density at radius 1 is 1.37 bits per heavy atom. The quantitative estimate of drug-likeness (QED) is 0.811. The van der Waals surface area contributed by atoms with E-state index < -0.39 is 0 Å². The molecule has 2 rings (SSSR count). The van der Waals surface area contributed by atoms with Gasteiger partial charge in [-0.25, -0.2) is 13.9 Å².